The van der Waals surface area contributed by atoms with Crippen LogP contribution in [0.2, 0.25) is 0 Å². The molecule has 2 rings (SSSR count). The monoisotopic (exact) mass is 232 g/mol. The van der Waals surface area contributed by atoms with Crippen molar-refractivity contribution in [2.75, 3.05) is 6.61 Å². The Morgan fingerprint density at radius 3 is 2.35 bits per heavy atom. The first-order valence-electron chi connectivity index (χ1n) is 7.13. The van der Waals surface area contributed by atoms with Gasteiger partial charge in [-0.2, -0.15) is 0 Å². The lowest BCUT2D eigenvalue weighted by Crippen LogP contribution is -1.97. The maximum absolute atomic E-state index is 5.74. The van der Waals surface area contributed by atoms with Crippen molar-refractivity contribution in [3.8, 4) is 5.75 Å². The van der Waals surface area contributed by atoms with Crippen molar-refractivity contribution in [2.24, 2.45) is 0 Å². The molecule has 1 aliphatic carbocycles. The molecule has 0 spiro atoms. The average Bonchev–Trinajstić information content (AvgIpc) is 3.19. The first-order valence-corrected chi connectivity index (χ1v) is 7.13. The fraction of sp³-hybridized carbons (Fsp3) is 0.625. The van der Waals surface area contributed by atoms with E-state index < -0.39 is 0 Å². The Morgan fingerprint density at radius 2 is 1.71 bits per heavy atom. The lowest BCUT2D eigenvalue weighted by Gasteiger charge is -2.06. The summed E-state index contributed by atoms with van der Waals surface area (Å²) < 4.78 is 5.74. The van der Waals surface area contributed by atoms with Gasteiger partial charge in [-0.3, -0.25) is 0 Å². The molecular weight excluding hydrogens is 208 g/mol. The Balaban J connectivity index is 1.61. The number of hydrogen-bond donors (Lipinski definition) is 0. The molecule has 0 aromatic heterocycles. The summed E-state index contributed by atoms with van der Waals surface area (Å²) in [6, 6.07) is 8.70. The molecule has 1 nitrogen and oxygen atoms in total. The van der Waals surface area contributed by atoms with E-state index in [-0.39, 0.29) is 0 Å². The highest BCUT2D eigenvalue weighted by atomic mass is 16.5. The number of hydrogen-bond acceptors (Lipinski definition) is 1. The summed E-state index contributed by atoms with van der Waals surface area (Å²) in [7, 11) is 0. The third kappa shape index (κ3) is 4.41. The maximum atomic E-state index is 5.74. The van der Waals surface area contributed by atoms with Gasteiger partial charge in [0.1, 0.15) is 5.75 Å². The minimum absolute atomic E-state index is 0.845. The molecule has 0 atom stereocenters. The van der Waals surface area contributed by atoms with Crippen molar-refractivity contribution in [2.45, 2.75) is 57.8 Å². The molecule has 0 amide bonds. The van der Waals surface area contributed by atoms with Gasteiger partial charge in [-0.25, -0.2) is 0 Å². The van der Waals surface area contributed by atoms with Gasteiger partial charge in [0.25, 0.3) is 0 Å². The summed E-state index contributed by atoms with van der Waals surface area (Å²) in [6.45, 7) is 3.12. The average molecular weight is 232 g/mol. The molecule has 1 aliphatic rings. The van der Waals surface area contributed by atoms with E-state index >= 15 is 0 Å². The first kappa shape index (κ1) is 12.5. The van der Waals surface area contributed by atoms with Crippen LogP contribution in [0.15, 0.2) is 24.3 Å². The topological polar surface area (TPSA) is 9.23 Å². The molecule has 0 bridgehead atoms. The minimum Gasteiger partial charge on any atom is -0.494 e. The Morgan fingerprint density at radius 1 is 1.00 bits per heavy atom. The number of benzene rings is 1. The van der Waals surface area contributed by atoms with Gasteiger partial charge in [0.05, 0.1) is 6.61 Å². The van der Waals surface area contributed by atoms with E-state index in [4.69, 9.17) is 4.74 Å². The van der Waals surface area contributed by atoms with Gasteiger partial charge in [0, 0.05) is 0 Å². The van der Waals surface area contributed by atoms with Crippen LogP contribution in [0.1, 0.15) is 63.4 Å². The second kappa shape index (κ2) is 6.68. The van der Waals surface area contributed by atoms with Crippen LogP contribution in [-0.2, 0) is 0 Å². The zero-order chi connectivity index (χ0) is 11.9. The molecule has 1 fully saturated rings. The summed E-state index contributed by atoms with van der Waals surface area (Å²) in [4.78, 5) is 0. The SMILES string of the molecule is CCCCCCCOc1ccc(C2CC2)cc1. The zero-order valence-corrected chi connectivity index (χ0v) is 11.0. The third-order valence-corrected chi connectivity index (χ3v) is 3.45. The smallest absolute Gasteiger partial charge is 0.119 e. The molecule has 0 saturated heterocycles. The molecule has 0 unspecified atom stereocenters. The van der Waals surface area contributed by atoms with Crippen LogP contribution in [-0.4, -0.2) is 6.61 Å². The van der Waals surface area contributed by atoms with E-state index in [0.717, 1.165) is 18.3 Å². The van der Waals surface area contributed by atoms with Gasteiger partial charge in [-0.15, -0.1) is 0 Å². The number of rotatable bonds is 8. The van der Waals surface area contributed by atoms with Crippen LogP contribution >= 0.6 is 0 Å². The van der Waals surface area contributed by atoms with E-state index in [0.29, 0.717) is 0 Å². The predicted octanol–water partition coefficient (Wildman–Crippen LogP) is 4.91. The number of ether oxygens (including phenoxy) is 1. The van der Waals surface area contributed by atoms with Crippen molar-refractivity contribution < 1.29 is 4.74 Å². The van der Waals surface area contributed by atoms with Gasteiger partial charge in [-0.1, -0.05) is 44.7 Å². The van der Waals surface area contributed by atoms with E-state index in [2.05, 4.69) is 31.2 Å². The zero-order valence-electron chi connectivity index (χ0n) is 11.0. The summed E-state index contributed by atoms with van der Waals surface area (Å²) in [5.41, 5.74) is 1.49. The standard InChI is InChI=1S/C16H24O/c1-2-3-4-5-6-13-17-16-11-9-15(10-12-16)14-7-8-14/h9-12,14H,2-8,13H2,1H3. The maximum Gasteiger partial charge on any atom is 0.119 e. The van der Waals surface area contributed by atoms with E-state index in [1.165, 1.54) is 50.5 Å². The molecule has 1 heteroatoms. The third-order valence-electron chi connectivity index (χ3n) is 3.45. The second-order valence-corrected chi connectivity index (χ2v) is 5.11. The van der Waals surface area contributed by atoms with Crippen molar-refractivity contribution in [1.29, 1.82) is 0 Å². The van der Waals surface area contributed by atoms with E-state index in [1.807, 2.05) is 0 Å². The van der Waals surface area contributed by atoms with Crippen LogP contribution < -0.4 is 4.74 Å². The summed E-state index contributed by atoms with van der Waals surface area (Å²) in [5, 5.41) is 0. The summed E-state index contributed by atoms with van der Waals surface area (Å²) in [6.07, 6.45) is 9.24. The summed E-state index contributed by atoms with van der Waals surface area (Å²) in [5.74, 6) is 1.88. The highest BCUT2D eigenvalue weighted by Gasteiger charge is 2.22. The predicted molar refractivity (Wildman–Crippen MR) is 72.7 cm³/mol. The van der Waals surface area contributed by atoms with E-state index in [1.54, 1.807) is 0 Å². The van der Waals surface area contributed by atoms with Crippen LogP contribution in [0.3, 0.4) is 0 Å². The van der Waals surface area contributed by atoms with Crippen LogP contribution in [0, 0.1) is 0 Å². The van der Waals surface area contributed by atoms with Crippen molar-refractivity contribution >= 4 is 0 Å². The molecule has 0 N–H and O–H groups in total. The van der Waals surface area contributed by atoms with Crippen molar-refractivity contribution in [3.05, 3.63) is 29.8 Å². The molecule has 0 radical (unpaired) electrons. The quantitative estimate of drug-likeness (QED) is 0.578. The highest BCUT2D eigenvalue weighted by molar-refractivity contribution is 5.31. The van der Waals surface area contributed by atoms with Crippen LogP contribution in [0.4, 0.5) is 0 Å². The van der Waals surface area contributed by atoms with Gasteiger partial charge in [-0.05, 0) is 42.9 Å². The van der Waals surface area contributed by atoms with E-state index in [9.17, 15) is 0 Å². The molecule has 0 aliphatic heterocycles. The molecular formula is C16H24O. The Bertz CT molecular complexity index is 311. The molecule has 1 aromatic rings. The van der Waals surface area contributed by atoms with Crippen molar-refractivity contribution in [1.82, 2.24) is 0 Å². The van der Waals surface area contributed by atoms with Crippen LogP contribution in [0.5, 0.6) is 5.75 Å². The summed E-state index contributed by atoms with van der Waals surface area (Å²) >= 11 is 0. The van der Waals surface area contributed by atoms with Gasteiger partial charge in [0.15, 0.2) is 0 Å². The van der Waals surface area contributed by atoms with Gasteiger partial charge in [0.2, 0.25) is 0 Å². The minimum atomic E-state index is 0.845. The van der Waals surface area contributed by atoms with Crippen molar-refractivity contribution in [3.63, 3.8) is 0 Å². The first-order chi connectivity index (χ1) is 8.40. The second-order valence-electron chi connectivity index (χ2n) is 5.11. The fourth-order valence-electron chi connectivity index (χ4n) is 2.15. The Kier molecular flexibility index (Phi) is 4.90. The molecule has 17 heavy (non-hydrogen) atoms. The lowest BCUT2D eigenvalue weighted by molar-refractivity contribution is 0.304. The molecule has 1 aromatic carbocycles. The van der Waals surface area contributed by atoms with Crippen LogP contribution in [0.25, 0.3) is 0 Å². The molecule has 94 valence electrons. The molecule has 0 heterocycles. The fourth-order valence-corrected chi connectivity index (χ4v) is 2.15. The Labute approximate surface area is 105 Å². The number of unbranched alkanes of at least 4 members (excludes halogenated alkanes) is 4. The normalized spacial score (nSPS) is 14.9. The Hall–Kier alpha value is -0.980. The highest BCUT2D eigenvalue weighted by Crippen LogP contribution is 2.40. The van der Waals surface area contributed by atoms with Gasteiger partial charge >= 0.3 is 0 Å². The largest absolute Gasteiger partial charge is 0.494 e. The lowest BCUT2D eigenvalue weighted by atomic mass is 10.1. The molecule has 1 saturated carbocycles. The van der Waals surface area contributed by atoms with Gasteiger partial charge < -0.3 is 4.74 Å².